The van der Waals surface area contributed by atoms with E-state index in [2.05, 4.69) is 27.8 Å². The molecule has 0 aromatic carbocycles. The summed E-state index contributed by atoms with van der Waals surface area (Å²) in [6.07, 6.45) is 32.4. The first-order valence-corrected chi connectivity index (χ1v) is 16.5. The molecule has 0 aliphatic heterocycles. The first kappa shape index (κ1) is 37.6. The molecular weight excluding hydrogens is 442 g/mol. The van der Waals surface area contributed by atoms with Crippen LogP contribution >= 0.6 is 0 Å². The van der Waals surface area contributed by atoms with Crippen LogP contribution in [-0.2, 0) is 4.79 Å². The van der Waals surface area contributed by atoms with Gasteiger partial charge in [-0.15, -0.1) is 0 Å². The maximum Gasteiger partial charge on any atom is 0.303 e. The number of aliphatic carboxylic acids is 1. The van der Waals surface area contributed by atoms with Gasteiger partial charge in [-0.2, -0.15) is 0 Å². The molecule has 0 fully saturated rings. The number of nitrogens with zero attached hydrogens (tertiary/aromatic N) is 1. The molecule has 0 heterocycles. The van der Waals surface area contributed by atoms with Gasteiger partial charge in [0.1, 0.15) is 0 Å². The molecule has 0 bridgehead atoms. The molecule has 0 rings (SSSR count). The first-order chi connectivity index (χ1) is 17.5. The van der Waals surface area contributed by atoms with Crippen molar-refractivity contribution in [3.05, 3.63) is 0 Å². The number of quaternary nitrogens is 1. The predicted octanol–water partition coefficient (Wildman–Crippen LogP) is 10.9. The quantitative estimate of drug-likeness (QED) is 0.0877. The van der Waals surface area contributed by atoms with Gasteiger partial charge in [-0.3, -0.25) is 4.79 Å². The summed E-state index contributed by atoms with van der Waals surface area (Å²) in [6.45, 7) is 13.2. The first-order valence-electron chi connectivity index (χ1n) is 16.5. The van der Waals surface area contributed by atoms with Crippen LogP contribution in [0.3, 0.4) is 0 Å². The molecule has 3 heteroatoms. The number of carboxylic acid groups (broad SMARTS) is 1. The summed E-state index contributed by atoms with van der Waals surface area (Å²) in [7, 11) is 2.57. The Morgan fingerprint density at radius 1 is 0.444 bits per heavy atom. The monoisotopic (exact) mass is 513 g/mol. The minimum Gasteiger partial charge on any atom is -0.481 e. The van der Waals surface area contributed by atoms with Crippen LogP contribution in [0.5, 0.6) is 0 Å². The fraction of sp³-hybridized carbons (Fsp3) is 0.970. The van der Waals surface area contributed by atoms with E-state index in [1.165, 1.54) is 159 Å². The van der Waals surface area contributed by atoms with Gasteiger partial charge in [0.2, 0.25) is 0 Å². The van der Waals surface area contributed by atoms with Crippen LogP contribution in [0.25, 0.3) is 0 Å². The third kappa shape index (κ3) is 31.5. The largest absolute Gasteiger partial charge is 0.481 e. The number of hydrogen-bond acceptors (Lipinski definition) is 1. The van der Waals surface area contributed by atoms with Crippen molar-refractivity contribution in [3.8, 4) is 0 Å². The molecule has 218 valence electrons. The van der Waals surface area contributed by atoms with E-state index in [9.17, 15) is 4.79 Å². The molecule has 1 N–H and O–H groups in total. The lowest BCUT2D eigenvalue weighted by Crippen LogP contribution is -2.46. The smallest absolute Gasteiger partial charge is 0.303 e. The Morgan fingerprint density at radius 3 is 0.917 bits per heavy atom. The van der Waals surface area contributed by atoms with Gasteiger partial charge in [-0.05, 0) is 44.9 Å². The molecule has 0 atom stereocenters. The average Bonchev–Trinajstić information content (AvgIpc) is 2.86. The van der Waals surface area contributed by atoms with E-state index in [0.717, 1.165) is 12.8 Å². The molecule has 0 aromatic rings. The highest BCUT2D eigenvalue weighted by Crippen LogP contribution is 2.16. The van der Waals surface area contributed by atoms with Crippen molar-refractivity contribution in [2.24, 2.45) is 0 Å². The molecular formula is C33H70NO2+. The van der Waals surface area contributed by atoms with Gasteiger partial charge >= 0.3 is 5.97 Å². The van der Waals surface area contributed by atoms with Crippen LogP contribution in [0.2, 0.25) is 0 Å². The van der Waals surface area contributed by atoms with Gasteiger partial charge in [0.05, 0.1) is 26.7 Å². The SMILES string of the molecule is CCCCC(=O)O.CCCCCCCCC[N+](C)(CCCCCCCCC)CCCCCCCCC. The third-order valence-corrected chi connectivity index (χ3v) is 7.65. The van der Waals surface area contributed by atoms with Crippen LogP contribution in [0.1, 0.15) is 182 Å². The molecule has 0 aliphatic rings. The molecule has 0 saturated heterocycles. The van der Waals surface area contributed by atoms with Crippen molar-refractivity contribution in [1.29, 1.82) is 0 Å². The number of rotatable bonds is 27. The van der Waals surface area contributed by atoms with Crippen molar-refractivity contribution < 1.29 is 14.4 Å². The summed E-state index contributed by atoms with van der Waals surface area (Å²) in [4.78, 5) is 9.76. The second-order valence-corrected chi connectivity index (χ2v) is 11.7. The zero-order valence-corrected chi connectivity index (χ0v) is 25.9. The predicted molar refractivity (Wildman–Crippen MR) is 162 cm³/mol. The molecule has 3 nitrogen and oxygen atoms in total. The standard InChI is InChI=1S/C28H60N.C5H10O2/c1-5-8-11-14-17-20-23-26-29(4,27-24-21-18-15-12-9-6-2)28-25-22-19-16-13-10-7-3;1-2-3-4-5(6)7/h5-28H2,1-4H3;2-4H2,1H3,(H,6,7)/q+1;. The van der Waals surface area contributed by atoms with Gasteiger partial charge in [0.15, 0.2) is 0 Å². The summed E-state index contributed by atoms with van der Waals surface area (Å²) in [5, 5.41) is 8.04. The molecule has 0 unspecified atom stereocenters. The van der Waals surface area contributed by atoms with E-state index in [-0.39, 0.29) is 0 Å². The Labute approximate surface area is 228 Å². The number of unbranched alkanes of at least 4 members (excludes halogenated alkanes) is 19. The highest BCUT2D eigenvalue weighted by Gasteiger charge is 2.20. The molecule has 0 radical (unpaired) electrons. The summed E-state index contributed by atoms with van der Waals surface area (Å²) in [6, 6.07) is 0. The molecule has 0 amide bonds. The lowest BCUT2D eigenvalue weighted by Gasteiger charge is -2.35. The minimum absolute atomic E-state index is 0.316. The van der Waals surface area contributed by atoms with Crippen molar-refractivity contribution in [1.82, 2.24) is 0 Å². The zero-order chi connectivity index (χ0) is 27.2. The van der Waals surface area contributed by atoms with E-state index in [0.29, 0.717) is 6.42 Å². The molecule has 0 saturated carbocycles. The van der Waals surface area contributed by atoms with Crippen LogP contribution in [-0.4, -0.2) is 42.2 Å². The lowest BCUT2D eigenvalue weighted by atomic mass is 10.1. The number of hydrogen-bond donors (Lipinski definition) is 1. The zero-order valence-electron chi connectivity index (χ0n) is 25.9. The maximum atomic E-state index is 9.76. The number of carboxylic acids is 1. The molecule has 0 spiro atoms. The lowest BCUT2D eigenvalue weighted by molar-refractivity contribution is -0.910. The number of carbonyl (C=O) groups is 1. The maximum absolute atomic E-state index is 9.76. The van der Waals surface area contributed by atoms with E-state index >= 15 is 0 Å². The van der Waals surface area contributed by atoms with Crippen LogP contribution in [0.15, 0.2) is 0 Å². The summed E-state index contributed by atoms with van der Waals surface area (Å²) < 4.78 is 1.36. The minimum atomic E-state index is -0.693. The van der Waals surface area contributed by atoms with E-state index in [4.69, 9.17) is 5.11 Å². The fourth-order valence-corrected chi connectivity index (χ4v) is 5.02. The second kappa shape index (κ2) is 30.7. The Bertz CT molecular complexity index is 378. The average molecular weight is 513 g/mol. The Kier molecular flexibility index (Phi) is 32.0. The normalized spacial score (nSPS) is 11.4. The van der Waals surface area contributed by atoms with Gasteiger partial charge in [0, 0.05) is 6.42 Å². The molecule has 0 aliphatic carbocycles. The van der Waals surface area contributed by atoms with Gasteiger partial charge < -0.3 is 9.59 Å². The van der Waals surface area contributed by atoms with Gasteiger partial charge in [0.25, 0.3) is 0 Å². The van der Waals surface area contributed by atoms with Gasteiger partial charge in [-0.25, -0.2) is 0 Å². The van der Waals surface area contributed by atoms with E-state index < -0.39 is 5.97 Å². The molecule has 36 heavy (non-hydrogen) atoms. The Hall–Kier alpha value is -0.570. The topological polar surface area (TPSA) is 37.3 Å². The second-order valence-electron chi connectivity index (χ2n) is 11.7. The van der Waals surface area contributed by atoms with E-state index in [1.54, 1.807) is 0 Å². The van der Waals surface area contributed by atoms with E-state index in [1.807, 2.05) is 6.92 Å². The summed E-state index contributed by atoms with van der Waals surface area (Å²) in [5.74, 6) is -0.693. The highest BCUT2D eigenvalue weighted by atomic mass is 16.4. The summed E-state index contributed by atoms with van der Waals surface area (Å²) >= 11 is 0. The van der Waals surface area contributed by atoms with Crippen molar-refractivity contribution >= 4 is 5.97 Å². The van der Waals surface area contributed by atoms with Crippen LogP contribution in [0, 0.1) is 0 Å². The van der Waals surface area contributed by atoms with Crippen molar-refractivity contribution in [2.75, 3.05) is 26.7 Å². The fourth-order valence-electron chi connectivity index (χ4n) is 5.02. The van der Waals surface area contributed by atoms with Crippen LogP contribution < -0.4 is 0 Å². The Balaban J connectivity index is 0. The molecule has 0 aromatic heterocycles. The van der Waals surface area contributed by atoms with Gasteiger partial charge in [-0.1, -0.05) is 130 Å². The summed E-state index contributed by atoms with van der Waals surface area (Å²) in [5.41, 5.74) is 0. The van der Waals surface area contributed by atoms with Crippen molar-refractivity contribution in [2.45, 2.75) is 182 Å². The third-order valence-electron chi connectivity index (χ3n) is 7.65. The van der Waals surface area contributed by atoms with Crippen molar-refractivity contribution in [3.63, 3.8) is 0 Å². The Morgan fingerprint density at radius 2 is 0.694 bits per heavy atom. The van der Waals surface area contributed by atoms with Crippen LogP contribution in [0.4, 0.5) is 0 Å². The highest BCUT2D eigenvalue weighted by molar-refractivity contribution is 5.66.